The van der Waals surface area contributed by atoms with Crippen molar-refractivity contribution in [3.63, 3.8) is 0 Å². The maximum absolute atomic E-state index is 13.9. The Balaban J connectivity index is 1.60. The van der Waals surface area contributed by atoms with E-state index in [1.165, 1.54) is 19.2 Å². The number of likely N-dealkylation sites (tertiary alicyclic amines) is 1. The second kappa shape index (κ2) is 8.53. The number of fused-ring (bicyclic) bond motifs is 3. The molecule has 170 valence electrons. The molecular weight excluding hydrogens is 425 g/mol. The number of carbonyl (C=O) groups excluding carboxylic acids is 1. The van der Waals surface area contributed by atoms with E-state index in [-0.39, 0.29) is 36.5 Å². The van der Waals surface area contributed by atoms with Gasteiger partial charge in [-0.25, -0.2) is 4.39 Å². The van der Waals surface area contributed by atoms with Gasteiger partial charge in [-0.2, -0.15) is 0 Å². The molecule has 0 radical (unpaired) electrons. The molecule has 0 aliphatic carbocycles. The Kier molecular flexibility index (Phi) is 5.55. The summed E-state index contributed by atoms with van der Waals surface area (Å²) in [6.45, 7) is 0.451. The first-order valence-electron chi connectivity index (χ1n) is 10.9. The van der Waals surface area contributed by atoms with Gasteiger partial charge in [-0.05, 0) is 47.5 Å². The minimum atomic E-state index is -0.693. The van der Waals surface area contributed by atoms with Gasteiger partial charge in [-0.1, -0.05) is 12.1 Å². The number of aliphatic hydroxyl groups excluding tert-OH is 1. The Morgan fingerprint density at radius 1 is 1.21 bits per heavy atom. The molecule has 2 aromatic heterocycles. The molecule has 8 heteroatoms. The number of hydrogen-bond donors (Lipinski definition) is 1. The average molecular weight is 449 g/mol. The summed E-state index contributed by atoms with van der Waals surface area (Å²) in [4.78, 5) is 32.1. The Hall–Kier alpha value is -3.36. The second-order valence-corrected chi connectivity index (χ2v) is 8.55. The second-order valence-electron chi connectivity index (χ2n) is 8.55. The van der Waals surface area contributed by atoms with Crippen LogP contribution in [0.3, 0.4) is 0 Å². The smallest absolute Gasteiger partial charge is 0.323 e. The molecule has 0 bridgehead atoms. The van der Waals surface area contributed by atoms with Crippen molar-refractivity contribution in [2.75, 3.05) is 13.7 Å². The van der Waals surface area contributed by atoms with Crippen molar-refractivity contribution >= 4 is 5.97 Å². The number of esters is 1. The van der Waals surface area contributed by atoms with Crippen LogP contribution in [0.25, 0.3) is 11.1 Å². The number of hydrogen-bond acceptors (Lipinski definition) is 6. The van der Waals surface area contributed by atoms with E-state index in [0.717, 1.165) is 11.3 Å². The molecule has 2 aliphatic heterocycles. The van der Waals surface area contributed by atoms with E-state index < -0.39 is 17.9 Å². The van der Waals surface area contributed by atoms with E-state index >= 15 is 0 Å². The predicted molar refractivity (Wildman–Crippen MR) is 118 cm³/mol. The molecule has 1 saturated heterocycles. The van der Waals surface area contributed by atoms with Gasteiger partial charge in [0.25, 0.3) is 5.56 Å². The van der Waals surface area contributed by atoms with E-state index in [4.69, 9.17) is 4.74 Å². The van der Waals surface area contributed by atoms with Crippen molar-refractivity contribution in [2.24, 2.45) is 11.8 Å². The largest absolute Gasteiger partial charge is 0.468 e. The van der Waals surface area contributed by atoms with Crippen molar-refractivity contribution in [1.82, 2.24) is 14.5 Å². The molecule has 4 atom stereocenters. The van der Waals surface area contributed by atoms with Gasteiger partial charge >= 0.3 is 5.97 Å². The number of aromatic nitrogens is 2. The molecule has 1 N–H and O–H groups in total. The van der Waals surface area contributed by atoms with Gasteiger partial charge < -0.3 is 14.4 Å². The number of halogens is 1. The summed E-state index contributed by atoms with van der Waals surface area (Å²) in [5.41, 5.74) is 2.72. The number of ether oxygens (including phenoxy) is 1. The predicted octanol–water partition coefficient (Wildman–Crippen LogP) is 2.39. The van der Waals surface area contributed by atoms with Gasteiger partial charge in [0.05, 0.1) is 13.2 Å². The lowest BCUT2D eigenvalue weighted by molar-refractivity contribution is -0.148. The fraction of sp³-hybridized carbons (Fsp3) is 0.320. The lowest BCUT2D eigenvalue weighted by atomic mass is 9.88. The number of aliphatic hydroxyl groups is 1. The third-order valence-corrected chi connectivity index (χ3v) is 6.88. The number of rotatable bonds is 5. The number of carbonyl (C=O) groups is 1. The van der Waals surface area contributed by atoms with Crippen molar-refractivity contribution in [3.05, 3.63) is 88.4 Å². The summed E-state index contributed by atoms with van der Waals surface area (Å²) < 4.78 is 20.7. The van der Waals surface area contributed by atoms with Crippen LogP contribution < -0.4 is 5.56 Å². The van der Waals surface area contributed by atoms with Crippen molar-refractivity contribution in [2.45, 2.75) is 25.2 Å². The van der Waals surface area contributed by atoms with Gasteiger partial charge in [-0.15, -0.1) is 0 Å². The van der Waals surface area contributed by atoms with Crippen molar-refractivity contribution < 1.29 is 19.0 Å². The molecule has 3 aromatic rings. The van der Waals surface area contributed by atoms with Crippen molar-refractivity contribution in [1.29, 1.82) is 0 Å². The Morgan fingerprint density at radius 3 is 2.70 bits per heavy atom. The number of nitrogens with zero attached hydrogens (tertiary/aromatic N) is 3. The van der Waals surface area contributed by atoms with Crippen LogP contribution in [-0.4, -0.2) is 45.3 Å². The highest BCUT2D eigenvalue weighted by Gasteiger charge is 2.56. The zero-order valence-corrected chi connectivity index (χ0v) is 18.1. The maximum atomic E-state index is 13.9. The van der Waals surface area contributed by atoms with Crippen LogP contribution in [0.2, 0.25) is 0 Å². The Morgan fingerprint density at radius 2 is 2.00 bits per heavy atom. The third kappa shape index (κ3) is 3.55. The lowest BCUT2D eigenvalue weighted by Gasteiger charge is -2.30. The summed E-state index contributed by atoms with van der Waals surface area (Å²) in [5, 5.41) is 10.2. The average Bonchev–Trinajstić information content (AvgIpc) is 3.35. The van der Waals surface area contributed by atoms with Crippen LogP contribution in [0, 0.1) is 17.7 Å². The molecule has 4 heterocycles. The van der Waals surface area contributed by atoms with Crippen LogP contribution in [0.15, 0.2) is 65.7 Å². The quantitative estimate of drug-likeness (QED) is 0.602. The van der Waals surface area contributed by atoms with E-state index in [0.29, 0.717) is 17.7 Å². The highest BCUT2D eigenvalue weighted by Crippen LogP contribution is 2.50. The third-order valence-electron chi connectivity index (χ3n) is 6.88. The first-order chi connectivity index (χ1) is 16.0. The van der Waals surface area contributed by atoms with Gasteiger partial charge in [0, 0.05) is 55.2 Å². The van der Waals surface area contributed by atoms with Crippen LogP contribution in [0.4, 0.5) is 4.39 Å². The standard InChI is InChI=1S/C25H24FN3O4/c1-33-25(32)23-20(14-30)19-13-28-21(6-5-18(24(28)31)16-7-9-27-10-8-16)22(19)29(23)12-15-3-2-4-17(26)11-15/h2-11,19-20,22-23,30H,12-14H2,1H3/t19-,20-,22+,23-/m1/s1. The van der Waals surface area contributed by atoms with Gasteiger partial charge in [0.15, 0.2) is 0 Å². The zero-order chi connectivity index (χ0) is 23.1. The summed E-state index contributed by atoms with van der Waals surface area (Å²) in [6, 6.07) is 12.5. The number of pyridine rings is 2. The van der Waals surface area contributed by atoms with E-state index in [1.807, 2.05) is 11.0 Å². The first kappa shape index (κ1) is 21.5. The molecule has 7 nitrogen and oxygen atoms in total. The summed E-state index contributed by atoms with van der Waals surface area (Å²) >= 11 is 0. The minimum Gasteiger partial charge on any atom is -0.468 e. The molecule has 0 amide bonds. The van der Waals surface area contributed by atoms with Crippen LogP contribution in [0.5, 0.6) is 0 Å². The summed E-state index contributed by atoms with van der Waals surface area (Å²) in [7, 11) is 1.32. The van der Waals surface area contributed by atoms with Crippen LogP contribution in [-0.2, 0) is 22.6 Å². The molecule has 2 aliphatic rings. The summed E-state index contributed by atoms with van der Waals surface area (Å²) in [5.74, 6) is -1.38. The number of benzene rings is 1. The molecule has 33 heavy (non-hydrogen) atoms. The first-order valence-corrected chi connectivity index (χ1v) is 10.9. The van der Waals surface area contributed by atoms with Gasteiger partial charge in [-0.3, -0.25) is 19.5 Å². The molecule has 0 saturated carbocycles. The minimum absolute atomic E-state index is 0.120. The SMILES string of the molecule is COC(=O)[C@H]1[C@H](CO)[C@H]2Cn3c(ccc(-c4ccncc4)c3=O)[C@H]2N1Cc1cccc(F)c1. The maximum Gasteiger partial charge on any atom is 0.323 e. The van der Waals surface area contributed by atoms with Gasteiger partial charge in [0.2, 0.25) is 0 Å². The molecule has 1 aromatic carbocycles. The molecular formula is C25H24FN3O4. The van der Waals surface area contributed by atoms with E-state index in [2.05, 4.69) is 4.98 Å². The molecule has 1 fully saturated rings. The van der Waals surface area contributed by atoms with Crippen LogP contribution >= 0.6 is 0 Å². The van der Waals surface area contributed by atoms with Gasteiger partial charge in [0.1, 0.15) is 11.9 Å². The fourth-order valence-corrected chi connectivity index (χ4v) is 5.47. The molecule has 0 unspecified atom stereocenters. The van der Waals surface area contributed by atoms with Crippen molar-refractivity contribution in [3.8, 4) is 11.1 Å². The molecule has 0 spiro atoms. The van der Waals surface area contributed by atoms with E-state index in [9.17, 15) is 19.1 Å². The van der Waals surface area contributed by atoms with Crippen LogP contribution in [0.1, 0.15) is 17.3 Å². The fourth-order valence-electron chi connectivity index (χ4n) is 5.47. The summed E-state index contributed by atoms with van der Waals surface area (Å²) in [6.07, 6.45) is 3.29. The lowest BCUT2D eigenvalue weighted by Crippen LogP contribution is -2.43. The normalized spacial score (nSPS) is 23.8. The number of methoxy groups -OCH3 is 1. The monoisotopic (exact) mass is 449 g/mol. The Bertz CT molecular complexity index is 1250. The Labute approximate surface area is 190 Å². The molecule has 5 rings (SSSR count). The highest BCUT2D eigenvalue weighted by molar-refractivity contribution is 5.77. The zero-order valence-electron chi connectivity index (χ0n) is 18.1. The topological polar surface area (TPSA) is 84.7 Å². The van der Waals surface area contributed by atoms with E-state index in [1.54, 1.807) is 47.3 Å². The highest BCUT2D eigenvalue weighted by atomic mass is 19.1.